The number of fused-ring (bicyclic) bond motifs is 1. The second kappa shape index (κ2) is 5.61. The first kappa shape index (κ1) is 13.6. The number of hydrogen-bond acceptors (Lipinski definition) is 4. The second-order valence-electron chi connectivity index (χ2n) is 5.52. The zero-order valence-electron chi connectivity index (χ0n) is 12.7. The van der Waals surface area contributed by atoms with Crippen LogP contribution in [0.15, 0.2) is 61.4 Å². The van der Waals surface area contributed by atoms with Crippen LogP contribution in [0.5, 0.6) is 0 Å². The number of pyridine rings is 2. The molecule has 0 N–H and O–H groups in total. The molecule has 0 aliphatic rings. The minimum Gasteiger partial charge on any atom is -0.265 e. The smallest absolute Gasteiger partial charge is 0.159 e. The summed E-state index contributed by atoms with van der Waals surface area (Å²) in [5.74, 6) is 0. The van der Waals surface area contributed by atoms with Gasteiger partial charge in [0.1, 0.15) is 0 Å². The molecule has 23 heavy (non-hydrogen) atoms. The molecule has 0 unspecified atom stereocenters. The summed E-state index contributed by atoms with van der Waals surface area (Å²) in [6, 6.07) is 8.05. The molecule has 112 valence electrons. The molecule has 0 atom stereocenters. The van der Waals surface area contributed by atoms with Gasteiger partial charge in [0, 0.05) is 48.5 Å². The molecule has 0 saturated heterocycles. The van der Waals surface area contributed by atoms with E-state index < -0.39 is 0 Å². The van der Waals surface area contributed by atoms with Gasteiger partial charge in [0.25, 0.3) is 0 Å². The van der Waals surface area contributed by atoms with E-state index in [2.05, 4.69) is 26.1 Å². The Bertz CT molecular complexity index is 959. The lowest BCUT2D eigenvalue weighted by Gasteiger charge is -2.05. The summed E-state index contributed by atoms with van der Waals surface area (Å²) in [4.78, 5) is 12.8. The van der Waals surface area contributed by atoms with E-state index in [1.807, 2.05) is 54.4 Å². The lowest BCUT2D eigenvalue weighted by molar-refractivity contribution is 0.947. The van der Waals surface area contributed by atoms with Gasteiger partial charge in [-0.15, -0.1) is 0 Å². The van der Waals surface area contributed by atoms with Crippen LogP contribution in [0.25, 0.3) is 16.9 Å². The van der Waals surface area contributed by atoms with Crippen LogP contribution in [0, 0.1) is 6.92 Å². The van der Waals surface area contributed by atoms with Crippen molar-refractivity contribution in [1.29, 1.82) is 0 Å². The van der Waals surface area contributed by atoms with E-state index in [1.165, 1.54) is 0 Å². The Kier molecular flexibility index (Phi) is 3.31. The number of aryl methyl sites for hydroxylation is 1. The molecular weight excluding hydrogens is 286 g/mol. The van der Waals surface area contributed by atoms with Crippen molar-refractivity contribution in [3.8, 4) is 11.3 Å². The summed E-state index contributed by atoms with van der Waals surface area (Å²) in [7, 11) is 0. The van der Waals surface area contributed by atoms with Gasteiger partial charge in [0.2, 0.25) is 0 Å². The van der Waals surface area contributed by atoms with Crippen LogP contribution >= 0.6 is 0 Å². The molecule has 0 aliphatic carbocycles. The number of aromatic nitrogens is 5. The first-order valence-electron chi connectivity index (χ1n) is 7.44. The summed E-state index contributed by atoms with van der Waals surface area (Å²) in [6.07, 6.45) is 11.8. The number of rotatable bonds is 3. The van der Waals surface area contributed by atoms with Crippen molar-refractivity contribution in [3.05, 3.63) is 78.1 Å². The fourth-order valence-electron chi connectivity index (χ4n) is 2.74. The predicted octanol–water partition coefficient (Wildman–Crippen LogP) is 3.09. The minimum atomic E-state index is 0.769. The SMILES string of the molecule is Cc1cncc(Cc2cnn3c(-c4ccncc4)ccnc23)c1. The second-order valence-corrected chi connectivity index (χ2v) is 5.52. The largest absolute Gasteiger partial charge is 0.265 e. The third-order valence-electron chi connectivity index (χ3n) is 3.78. The fraction of sp³-hybridized carbons (Fsp3) is 0.111. The van der Waals surface area contributed by atoms with Gasteiger partial charge in [0.15, 0.2) is 5.65 Å². The van der Waals surface area contributed by atoms with Crippen molar-refractivity contribution in [2.45, 2.75) is 13.3 Å². The Labute approximate surface area is 133 Å². The molecule has 0 saturated carbocycles. The third-order valence-corrected chi connectivity index (χ3v) is 3.78. The molecule has 4 aromatic heterocycles. The molecule has 4 rings (SSSR count). The maximum Gasteiger partial charge on any atom is 0.159 e. The Morgan fingerprint density at radius 1 is 0.957 bits per heavy atom. The first-order chi connectivity index (χ1) is 11.3. The van der Waals surface area contributed by atoms with Crippen LogP contribution in [0.3, 0.4) is 0 Å². The van der Waals surface area contributed by atoms with Gasteiger partial charge in [-0.1, -0.05) is 6.07 Å². The van der Waals surface area contributed by atoms with Crippen LogP contribution in [-0.2, 0) is 6.42 Å². The molecule has 5 heteroatoms. The van der Waals surface area contributed by atoms with Gasteiger partial charge in [-0.3, -0.25) is 9.97 Å². The fourth-order valence-corrected chi connectivity index (χ4v) is 2.74. The first-order valence-corrected chi connectivity index (χ1v) is 7.44. The third kappa shape index (κ3) is 2.57. The molecule has 0 spiro atoms. The highest BCUT2D eigenvalue weighted by Crippen LogP contribution is 2.21. The number of nitrogens with zero attached hydrogens (tertiary/aromatic N) is 5. The van der Waals surface area contributed by atoms with Crippen LogP contribution in [0.1, 0.15) is 16.7 Å². The Morgan fingerprint density at radius 3 is 2.65 bits per heavy atom. The zero-order valence-corrected chi connectivity index (χ0v) is 12.7. The van der Waals surface area contributed by atoms with Crippen molar-refractivity contribution in [2.24, 2.45) is 0 Å². The Balaban J connectivity index is 1.79. The lowest BCUT2D eigenvalue weighted by Crippen LogP contribution is -1.97. The van der Waals surface area contributed by atoms with Crippen LogP contribution < -0.4 is 0 Å². The molecule has 0 amide bonds. The summed E-state index contributed by atoms with van der Waals surface area (Å²) < 4.78 is 1.88. The van der Waals surface area contributed by atoms with Crippen molar-refractivity contribution in [3.63, 3.8) is 0 Å². The highest BCUT2D eigenvalue weighted by Gasteiger charge is 2.10. The molecule has 4 aromatic rings. The Morgan fingerprint density at radius 2 is 1.83 bits per heavy atom. The molecule has 0 bridgehead atoms. The summed E-state index contributed by atoms with van der Waals surface area (Å²) in [5.41, 5.74) is 6.36. The zero-order chi connectivity index (χ0) is 15.6. The van der Waals surface area contributed by atoms with E-state index in [0.717, 1.165) is 40.0 Å². The number of hydrogen-bond donors (Lipinski definition) is 0. The average molecular weight is 301 g/mol. The summed E-state index contributed by atoms with van der Waals surface area (Å²) in [6.45, 7) is 2.05. The molecule has 0 radical (unpaired) electrons. The normalized spacial score (nSPS) is 11.0. The molecule has 5 nitrogen and oxygen atoms in total. The maximum absolute atomic E-state index is 4.53. The van der Waals surface area contributed by atoms with E-state index in [4.69, 9.17) is 0 Å². The monoisotopic (exact) mass is 301 g/mol. The van der Waals surface area contributed by atoms with Crippen molar-refractivity contribution in [2.75, 3.05) is 0 Å². The molecule has 0 aromatic carbocycles. The highest BCUT2D eigenvalue weighted by atomic mass is 15.3. The Hall–Kier alpha value is -3.08. The summed E-state index contributed by atoms with van der Waals surface area (Å²) in [5, 5.41) is 4.53. The van der Waals surface area contributed by atoms with Crippen molar-refractivity contribution < 1.29 is 0 Å². The summed E-state index contributed by atoms with van der Waals surface area (Å²) >= 11 is 0. The van der Waals surface area contributed by atoms with Gasteiger partial charge >= 0.3 is 0 Å². The van der Waals surface area contributed by atoms with E-state index >= 15 is 0 Å². The van der Waals surface area contributed by atoms with Gasteiger partial charge < -0.3 is 0 Å². The maximum atomic E-state index is 4.53. The van der Waals surface area contributed by atoms with Gasteiger partial charge in [-0.25, -0.2) is 9.50 Å². The van der Waals surface area contributed by atoms with Crippen molar-refractivity contribution in [1.82, 2.24) is 24.6 Å². The standard InChI is InChI=1S/C18H15N5/c1-13-8-14(11-20-10-13)9-16-12-22-23-17(4-7-21-18(16)23)15-2-5-19-6-3-15/h2-8,10-12H,9H2,1H3. The predicted molar refractivity (Wildman–Crippen MR) is 88.0 cm³/mol. The van der Waals surface area contributed by atoms with Gasteiger partial charge in [0.05, 0.1) is 11.9 Å². The van der Waals surface area contributed by atoms with E-state index in [9.17, 15) is 0 Å². The van der Waals surface area contributed by atoms with Crippen molar-refractivity contribution >= 4 is 5.65 Å². The minimum absolute atomic E-state index is 0.769. The topological polar surface area (TPSA) is 56.0 Å². The van der Waals surface area contributed by atoms with E-state index in [0.29, 0.717) is 0 Å². The molecular formula is C18H15N5. The van der Waals surface area contributed by atoms with Gasteiger partial charge in [-0.05, 0) is 36.2 Å². The van der Waals surface area contributed by atoms with Crippen LogP contribution in [0.2, 0.25) is 0 Å². The average Bonchev–Trinajstić information content (AvgIpc) is 2.99. The van der Waals surface area contributed by atoms with Crippen LogP contribution in [0.4, 0.5) is 0 Å². The molecule has 4 heterocycles. The lowest BCUT2D eigenvalue weighted by atomic mass is 10.1. The highest BCUT2D eigenvalue weighted by molar-refractivity contribution is 5.63. The van der Waals surface area contributed by atoms with Crippen LogP contribution in [-0.4, -0.2) is 24.6 Å². The molecule has 0 fully saturated rings. The van der Waals surface area contributed by atoms with E-state index in [-0.39, 0.29) is 0 Å². The van der Waals surface area contributed by atoms with Gasteiger partial charge in [-0.2, -0.15) is 5.10 Å². The quantitative estimate of drug-likeness (QED) is 0.583. The van der Waals surface area contributed by atoms with E-state index in [1.54, 1.807) is 12.4 Å². The molecule has 0 aliphatic heterocycles.